The fourth-order valence-corrected chi connectivity index (χ4v) is 5.57. The molecule has 0 spiro atoms. The van der Waals surface area contributed by atoms with E-state index in [2.05, 4.69) is 5.32 Å². The monoisotopic (exact) mass is 394 g/mol. The van der Waals surface area contributed by atoms with E-state index in [0.29, 0.717) is 11.9 Å². The third kappa shape index (κ3) is 4.46. The molecule has 1 N–H and O–H groups in total. The second-order valence-electron chi connectivity index (χ2n) is 6.75. The zero-order valence-electron chi connectivity index (χ0n) is 16.6. The van der Waals surface area contributed by atoms with Gasteiger partial charge in [0, 0.05) is 30.8 Å². The zero-order chi connectivity index (χ0) is 20.0. The van der Waals surface area contributed by atoms with Gasteiger partial charge in [0.2, 0.25) is 0 Å². The Bertz CT molecular complexity index is 912. The van der Waals surface area contributed by atoms with Crippen molar-refractivity contribution in [1.29, 1.82) is 0 Å². The van der Waals surface area contributed by atoms with Gasteiger partial charge in [0.05, 0.1) is 6.61 Å². The first-order valence-corrected chi connectivity index (χ1v) is 11.1. The molecule has 4 nitrogen and oxygen atoms in total. The maximum atomic E-state index is 14.3. The van der Waals surface area contributed by atoms with Crippen molar-refractivity contribution < 1.29 is 9.09 Å². The Morgan fingerprint density at radius 2 is 1.46 bits per heavy atom. The summed E-state index contributed by atoms with van der Waals surface area (Å²) in [5.74, 6) is -0.485. The van der Waals surface area contributed by atoms with Gasteiger partial charge in [0.25, 0.3) is 7.37 Å². The molecule has 3 aromatic carbocycles. The molecule has 0 saturated carbocycles. The highest BCUT2D eigenvalue weighted by molar-refractivity contribution is 7.67. The van der Waals surface area contributed by atoms with Crippen molar-refractivity contribution >= 4 is 24.0 Å². The number of rotatable bonds is 8. The van der Waals surface area contributed by atoms with Gasteiger partial charge in [0.1, 0.15) is 5.78 Å². The average Bonchev–Trinajstić information content (AvgIpc) is 2.73. The van der Waals surface area contributed by atoms with Crippen LogP contribution in [0.25, 0.3) is 0 Å². The van der Waals surface area contributed by atoms with Crippen LogP contribution in [0.1, 0.15) is 18.3 Å². The van der Waals surface area contributed by atoms with Crippen LogP contribution in [0.5, 0.6) is 0 Å². The fraction of sp³-hybridized carbons (Fsp3) is 0.217. The summed E-state index contributed by atoms with van der Waals surface area (Å²) in [4.78, 5) is 2.02. The van der Waals surface area contributed by atoms with Crippen LogP contribution >= 0.6 is 7.37 Å². The molecule has 3 rings (SSSR count). The first-order valence-electron chi connectivity index (χ1n) is 9.43. The predicted octanol–water partition coefficient (Wildman–Crippen LogP) is 5.50. The smallest absolute Gasteiger partial charge is 0.258 e. The minimum Gasteiger partial charge on any atom is -0.378 e. The molecule has 0 radical (unpaired) electrons. The summed E-state index contributed by atoms with van der Waals surface area (Å²) >= 11 is 0. The van der Waals surface area contributed by atoms with Gasteiger partial charge in [-0.2, -0.15) is 0 Å². The van der Waals surface area contributed by atoms with E-state index in [9.17, 15) is 4.57 Å². The maximum absolute atomic E-state index is 14.3. The predicted molar refractivity (Wildman–Crippen MR) is 119 cm³/mol. The van der Waals surface area contributed by atoms with Crippen LogP contribution in [-0.4, -0.2) is 20.7 Å². The molecular weight excluding hydrogens is 367 g/mol. The summed E-state index contributed by atoms with van der Waals surface area (Å²) in [7, 11) is 0.725. The van der Waals surface area contributed by atoms with Crippen molar-refractivity contribution in [3.05, 3.63) is 90.5 Å². The lowest BCUT2D eigenvalue weighted by molar-refractivity contribution is 0.335. The number of hydrogen-bond donors (Lipinski definition) is 1. The lowest BCUT2D eigenvalue weighted by Gasteiger charge is -2.30. The molecule has 0 heterocycles. The van der Waals surface area contributed by atoms with Crippen molar-refractivity contribution in [2.45, 2.75) is 12.7 Å². The van der Waals surface area contributed by atoms with Gasteiger partial charge >= 0.3 is 0 Å². The highest BCUT2D eigenvalue weighted by Gasteiger charge is 2.37. The van der Waals surface area contributed by atoms with Gasteiger partial charge in [-0.05, 0) is 48.9 Å². The Hall–Kier alpha value is -2.55. The molecule has 2 unspecified atom stereocenters. The number of nitrogens with zero attached hydrogens (tertiary/aromatic N) is 1. The van der Waals surface area contributed by atoms with Gasteiger partial charge < -0.3 is 14.7 Å². The molecule has 0 aliphatic heterocycles. The molecule has 146 valence electrons. The SMILES string of the molecule is CCOP(=O)(c1ccc(N(C)C)cc1)C(Nc1ccccc1)c1ccccc1. The van der Waals surface area contributed by atoms with Crippen LogP contribution in [0.2, 0.25) is 0 Å². The van der Waals surface area contributed by atoms with E-state index < -0.39 is 13.2 Å². The molecule has 2 atom stereocenters. The van der Waals surface area contributed by atoms with E-state index in [1.807, 2.05) is 111 Å². The summed E-state index contributed by atoms with van der Waals surface area (Å²) < 4.78 is 20.3. The van der Waals surface area contributed by atoms with Crippen molar-refractivity contribution in [1.82, 2.24) is 0 Å². The van der Waals surface area contributed by atoms with E-state index in [4.69, 9.17) is 4.52 Å². The molecule has 0 bridgehead atoms. The largest absolute Gasteiger partial charge is 0.378 e. The van der Waals surface area contributed by atoms with Gasteiger partial charge in [0.15, 0.2) is 0 Å². The van der Waals surface area contributed by atoms with Crippen molar-refractivity contribution in [3.8, 4) is 0 Å². The molecule has 3 aromatic rings. The van der Waals surface area contributed by atoms with Crippen LogP contribution in [0.4, 0.5) is 11.4 Å². The highest BCUT2D eigenvalue weighted by Crippen LogP contribution is 2.59. The minimum absolute atomic E-state index is 0.368. The van der Waals surface area contributed by atoms with Crippen LogP contribution in [0.15, 0.2) is 84.9 Å². The second kappa shape index (κ2) is 9.09. The Kier molecular flexibility index (Phi) is 6.56. The van der Waals surface area contributed by atoms with Crippen molar-refractivity contribution in [2.24, 2.45) is 0 Å². The Morgan fingerprint density at radius 3 is 2.00 bits per heavy atom. The number of nitrogens with one attached hydrogen (secondary N) is 1. The third-order valence-electron chi connectivity index (χ3n) is 4.58. The first-order chi connectivity index (χ1) is 13.5. The third-order valence-corrected chi connectivity index (χ3v) is 7.35. The van der Waals surface area contributed by atoms with Crippen LogP contribution < -0.4 is 15.5 Å². The Labute approximate surface area is 167 Å². The van der Waals surface area contributed by atoms with Gasteiger partial charge in [-0.25, -0.2) is 0 Å². The maximum Gasteiger partial charge on any atom is 0.258 e. The van der Waals surface area contributed by atoms with Crippen molar-refractivity contribution in [2.75, 3.05) is 30.9 Å². The van der Waals surface area contributed by atoms with Crippen LogP contribution in [0, 0.1) is 0 Å². The Balaban J connectivity index is 2.08. The van der Waals surface area contributed by atoms with Crippen LogP contribution in [0.3, 0.4) is 0 Å². The van der Waals surface area contributed by atoms with E-state index in [-0.39, 0.29) is 0 Å². The molecule has 0 aliphatic rings. The molecule has 28 heavy (non-hydrogen) atoms. The number of benzene rings is 3. The molecule has 0 saturated heterocycles. The summed E-state index contributed by atoms with van der Waals surface area (Å²) in [6.45, 7) is 2.25. The van der Waals surface area contributed by atoms with Crippen LogP contribution in [-0.2, 0) is 9.09 Å². The van der Waals surface area contributed by atoms with Gasteiger partial charge in [-0.15, -0.1) is 0 Å². The molecule has 5 heteroatoms. The minimum atomic E-state index is -3.25. The standard InChI is InChI=1S/C23H27N2O2P/c1-4-27-28(26,22-17-15-21(16-18-22)25(2)3)23(19-11-7-5-8-12-19)24-20-13-9-6-10-14-20/h5-18,23-24H,4H2,1-3H3. The summed E-state index contributed by atoms with van der Waals surface area (Å²) in [6, 6.07) is 27.5. The van der Waals surface area contributed by atoms with Gasteiger partial charge in [-0.3, -0.25) is 4.57 Å². The summed E-state index contributed by atoms with van der Waals surface area (Å²) in [5, 5.41) is 4.16. The molecule has 0 aliphatic carbocycles. The summed E-state index contributed by atoms with van der Waals surface area (Å²) in [5.41, 5.74) is 2.89. The lowest BCUT2D eigenvalue weighted by Crippen LogP contribution is -2.21. The number of anilines is 2. The van der Waals surface area contributed by atoms with Crippen molar-refractivity contribution in [3.63, 3.8) is 0 Å². The van der Waals surface area contributed by atoms with E-state index in [1.54, 1.807) is 0 Å². The normalized spacial score (nSPS) is 14.1. The molecule has 0 fully saturated rings. The second-order valence-corrected chi connectivity index (χ2v) is 9.23. The highest BCUT2D eigenvalue weighted by atomic mass is 31.2. The topological polar surface area (TPSA) is 41.6 Å². The lowest BCUT2D eigenvalue weighted by atomic mass is 10.2. The Morgan fingerprint density at radius 1 is 0.893 bits per heavy atom. The zero-order valence-corrected chi connectivity index (χ0v) is 17.5. The van der Waals surface area contributed by atoms with E-state index in [1.165, 1.54) is 0 Å². The summed E-state index contributed by atoms with van der Waals surface area (Å²) in [6.07, 6.45) is 0. The van der Waals surface area contributed by atoms with E-state index >= 15 is 0 Å². The molecule has 0 aromatic heterocycles. The van der Waals surface area contributed by atoms with E-state index in [0.717, 1.165) is 16.9 Å². The average molecular weight is 394 g/mol. The number of hydrogen-bond acceptors (Lipinski definition) is 4. The van der Waals surface area contributed by atoms with Gasteiger partial charge in [-0.1, -0.05) is 48.5 Å². The number of para-hydroxylation sites is 1. The fourth-order valence-electron chi connectivity index (χ4n) is 3.14. The first kappa shape index (κ1) is 20.2. The molecular formula is C23H27N2O2P. The quantitative estimate of drug-likeness (QED) is 0.512. The molecule has 0 amide bonds.